The fraction of sp³-hybridized carbons (Fsp3) is 0.125. The van der Waals surface area contributed by atoms with Crippen molar-refractivity contribution >= 4 is 23.1 Å². The quantitative estimate of drug-likeness (QED) is 0.478. The fourth-order valence-corrected chi connectivity index (χ4v) is 3.88. The van der Waals surface area contributed by atoms with Crippen LogP contribution in [-0.4, -0.2) is 32.3 Å². The van der Waals surface area contributed by atoms with Crippen molar-refractivity contribution in [1.29, 1.82) is 0 Å². The predicted molar refractivity (Wildman–Crippen MR) is 95.1 cm³/mol. The highest BCUT2D eigenvalue weighted by atomic mass is 32.2. The molecule has 0 atom stereocenters. The lowest BCUT2D eigenvalue weighted by atomic mass is 10.3. The summed E-state index contributed by atoms with van der Waals surface area (Å²) in [4.78, 5) is 4.62. The molecule has 7 nitrogen and oxygen atoms in total. The van der Waals surface area contributed by atoms with Crippen LogP contribution in [0.2, 0.25) is 0 Å². The second-order valence-electron chi connectivity index (χ2n) is 5.02. The molecule has 0 aliphatic heterocycles. The SMILES string of the molecule is COc1ccc(-n2nnnc2SCc2csc(-c3ccoc3)n2)cc1. The molecule has 0 fully saturated rings. The number of aromatic nitrogens is 5. The number of tetrazole rings is 1. The molecule has 126 valence electrons. The predicted octanol–water partition coefficient (Wildman–Crippen LogP) is 3.68. The van der Waals surface area contributed by atoms with Gasteiger partial charge in [-0.3, -0.25) is 0 Å². The number of hydrogen-bond acceptors (Lipinski definition) is 8. The average Bonchev–Trinajstić information content (AvgIpc) is 3.40. The van der Waals surface area contributed by atoms with Gasteiger partial charge in [-0.1, -0.05) is 11.8 Å². The standard InChI is InChI=1S/C16H13N5O2S2/c1-22-14-4-2-13(3-5-14)21-16(18-19-20-21)25-10-12-9-24-15(17-12)11-6-7-23-8-11/h2-9H,10H2,1H3. The monoisotopic (exact) mass is 371 g/mol. The van der Waals surface area contributed by atoms with Gasteiger partial charge in [0.05, 0.1) is 24.8 Å². The molecule has 0 saturated carbocycles. The Kier molecular flexibility index (Phi) is 4.49. The van der Waals surface area contributed by atoms with Crippen LogP contribution in [0.15, 0.2) is 57.8 Å². The van der Waals surface area contributed by atoms with Gasteiger partial charge in [-0.15, -0.1) is 16.4 Å². The Labute approximate surface area is 151 Å². The van der Waals surface area contributed by atoms with Crippen molar-refractivity contribution in [3.05, 3.63) is 53.9 Å². The van der Waals surface area contributed by atoms with Crippen LogP contribution >= 0.6 is 23.1 Å². The molecule has 0 aliphatic rings. The van der Waals surface area contributed by atoms with E-state index in [1.54, 1.807) is 35.7 Å². The van der Waals surface area contributed by atoms with Crippen LogP contribution < -0.4 is 4.74 Å². The molecule has 3 aromatic heterocycles. The van der Waals surface area contributed by atoms with Gasteiger partial charge in [-0.05, 0) is 40.8 Å². The van der Waals surface area contributed by atoms with E-state index in [0.29, 0.717) is 10.9 Å². The Balaban J connectivity index is 1.48. The lowest BCUT2D eigenvalue weighted by Gasteiger charge is -2.04. The second kappa shape index (κ2) is 7.08. The highest BCUT2D eigenvalue weighted by Gasteiger charge is 2.11. The van der Waals surface area contributed by atoms with Gasteiger partial charge in [0.1, 0.15) is 17.0 Å². The summed E-state index contributed by atoms with van der Waals surface area (Å²) in [5.41, 5.74) is 2.85. The number of benzene rings is 1. The summed E-state index contributed by atoms with van der Waals surface area (Å²) in [5.74, 6) is 1.48. The molecule has 0 spiro atoms. The van der Waals surface area contributed by atoms with Gasteiger partial charge in [-0.25, -0.2) is 4.98 Å². The highest BCUT2D eigenvalue weighted by molar-refractivity contribution is 7.98. The van der Waals surface area contributed by atoms with Gasteiger partial charge in [0.2, 0.25) is 5.16 Å². The molecule has 0 saturated heterocycles. The van der Waals surface area contributed by atoms with E-state index >= 15 is 0 Å². The molecular formula is C16H13N5O2S2. The minimum Gasteiger partial charge on any atom is -0.497 e. The van der Waals surface area contributed by atoms with Crippen LogP contribution in [0.3, 0.4) is 0 Å². The van der Waals surface area contributed by atoms with Gasteiger partial charge in [-0.2, -0.15) is 4.68 Å². The van der Waals surface area contributed by atoms with Gasteiger partial charge >= 0.3 is 0 Å². The minimum atomic E-state index is 0.685. The van der Waals surface area contributed by atoms with Crippen molar-refractivity contribution in [2.24, 2.45) is 0 Å². The lowest BCUT2D eigenvalue weighted by molar-refractivity contribution is 0.414. The van der Waals surface area contributed by atoms with E-state index < -0.39 is 0 Å². The first-order chi connectivity index (χ1) is 12.3. The number of hydrogen-bond donors (Lipinski definition) is 0. The van der Waals surface area contributed by atoms with Crippen molar-refractivity contribution in [3.8, 4) is 22.0 Å². The smallest absolute Gasteiger partial charge is 0.214 e. The molecular weight excluding hydrogens is 358 g/mol. The van der Waals surface area contributed by atoms with Crippen LogP contribution in [0.1, 0.15) is 5.69 Å². The second-order valence-corrected chi connectivity index (χ2v) is 6.82. The zero-order valence-corrected chi connectivity index (χ0v) is 14.8. The minimum absolute atomic E-state index is 0.685. The lowest BCUT2D eigenvalue weighted by Crippen LogP contribution is -1.99. The molecule has 3 heterocycles. The summed E-state index contributed by atoms with van der Waals surface area (Å²) in [6.45, 7) is 0. The summed E-state index contributed by atoms with van der Waals surface area (Å²) in [6.07, 6.45) is 3.34. The van der Waals surface area contributed by atoms with E-state index in [0.717, 1.165) is 27.7 Å². The number of thioether (sulfide) groups is 1. The summed E-state index contributed by atoms with van der Waals surface area (Å²) >= 11 is 3.13. The largest absolute Gasteiger partial charge is 0.497 e. The zero-order valence-electron chi connectivity index (χ0n) is 13.2. The van der Waals surface area contributed by atoms with E-state index in [-0.39, 0.29) is 0 Å². The van der Waals surface area contributed by atoms with E-state index in [4.69, 9.17) is 9.15 Å². The van der Waals surface area contributed by atoms with Crippen LogP contribution in [0.5, 0.6) is 5.75 Å². The first-order valence-corrected chi connectivity index (χ1v) is 9.22. The third-order valence-electron chi connectivity index (χ3n) is 3.43. The molecule has 0 aliphatic carbocycles. The van der Waals surface area contributed by atoms with Gasteiger partial charge in [0.25, 0.3) is 0 Å². The fourth-order valence-electron chi connectivity index (χ4n) is 2.18. The maximum Gasteiger partial charge on any atom is 0.214 e. The highest BCUT2D eigenvalue weighted by Crippen LogP contribution is 2.28. The number of thiazole rings is 1. The Morgan fingerprint density at radius 1 is 1.24 bits per heavy atom. The molecule has 0 radical (unpaired) electrons. The van der Waals surface area contributed by atoms with Crippen LogP contribution in [-0.2, 0) is 5.75 Å². The van der Waals surface area contributed by atoms with Gasteiger partial charge in [0.15, 0.2) is 0 Å². The molecule has 0 N–H and O–H groups in total. The maximum absolute atomic E-state index is 5.18. The number of furan rings is 1. The number of rotatable bonds is 6. The Hall–Kier alpha value is -2.65. The number of nitrogens with zero attached hydrogens (tertiary/aromatic N) is 5. The summed E-state index contributed by atoms with van der Waals surface area (Å²) in [7, 11) is 1.64. The Morgan fingerprint density at radius 2 is 2.12 bits per heavy atom. The number of methoxy groups -OCH3 is 1. The molecule has 25 heavy (non-hydrogen) atoms. The molecule has 9 heteroatoms. The summed E-state index contributed by atoms with van der Waals surface area (Å²) in [6, 6.07) is 9.49. The van der Waals surface area contributed by atoms with E-state index in [9.17, 15) is 0 Å². The first kappa shape index (κ1) is 15.9. The summed E-state index contributed by atoms with van der Waals surface area (Å²) in [5, 5.41) is 15.6. The van der Waals surface area contributed by atoms with Crippen molar-refractivity contribution in [2.75, 3.05) is 7.11 Å². The Bertz CT molecular complexity index is 947. The molecule has 1 aromatic carbocycles. The van der Waals surface area contributed by atoms with Crippen molar-refractivity contribution in [3.63, 3.8) is 0 Å². The van der Waals surface area contributed by atoms with Crippen LogP contribution in [0.4, 0.5) is 0 Å². The Morgan fingerprint density at radius 3 is 2.88 bits per heavy atom. The van der Waals surface area contributed by atoms with Crippen molar-refractivity contribution in [2.45, 2.75) is 10.9 Å². The van der Waals surface area contributed by atoms with E-state index in [1.165, 1.54) is 11.8 Å². The van der Waals surface area contributed by atoms with E-state index in [2.05, 4.69) is 20.5 Å². The van der Waals surface area contributed by atoms with Crippen LogP contribution in [0.25, 0.3) is 16.3 Å². The molecule has 4 rings (SSSR count). The van der Waals surface area contributed by atoms with Gasteiger partial charge < -0.3 is 9.15 Å². The maximum atomic E-state index is 5.18. The normalized spacial score (nSPS) is 10.9. The van der Waals surface area contributed by atoms with E-state index in [1.807, 2.05) is 35.7 Å². The molecule has 4 aromatic rings. The van der Waals surface area contributed by atoms with Crippen LogP contribution in [0, 0.1) is 0 Å². The third-order valence-corrected chi connectivity index (χ3v) is 5.32. The molecule has 0 bridgehead atoms. The number of ether oxygens (including phenoxy) is 1. The first-order valence-electron chi connectivity index (χ1n) is 7.36. The summed E-state index contributed by atoms with van der Waals surface area (Å²) < 4.78 is 12.0. The van der Waals surface area contributed by atoms with Crippen molar-refractivity contribution < 1.29 is 9.15 Å². The average molecular weight is 371 g/mol. The molecule has 0 amide bonds. The topological polar surface area (TPSA) is 78.9 Å². The van der Waals surface area contributed by atoms with Crippen molar-refractivity contribution in [1.82, 2.24) is 25.2 Å². The zero-order chi connectivity index (χ0) is 17.1. The molecule has 0 unspecified atom stereocenters. The van der Waals surface area contributed by atoms with Gasteiger partial charge in [0, 0.05) is 16.7 Å². The third kappa shape index (κ3) is 3.42.